The highest BCUT2D eigenvalue weighted by atomic mass is 32.2. The average Bonchev–Trinajstić information content (AvgIpc) is 2.58. The molecule has 0 unspecified atom stereocenters. The van der Waals surface area contributed by atoms with Crippen molar-refractivity contribution in [3.8, 4) is 11.5 Å². The van der Waals surface area contributed by atoms with Crippen molar-refractivity contribution in [1.29, 1.82) is 0 Å². The maximum Gasteiger partial charge on any atom is 0.240 e. The minimum atomic E-state index is -3.60. The average molecular weight is 350 g/mol. The van der Waals surface area contributed by atoms with Crippen molar-refractivity contribution < 1.29 is 17.9 Å². The van der Waals surface area contributed by atoms with Crippen LogP contribution < -0.4 is 19.9 Å². The van der Waals surface area contributed by atoms with E-state index in [4.69, 9.17) is 15.2 Å². The Morgan fingerprint density at radius 2 is 1.79 bits per heavy atom. The summed E-state index contributed by atoms with van der Waals surface area (Å²) in [5.74, 6) is 1.22. The van der Waals surface area contributed by atoms with Crippen LogP contribution >= 0.6 is 0 Å². The largest absolute Gasteiger partial charge is 0.493 e. The minimum Gasteiger partial charge on any atom is -0.493 e. The summed E-state index contributed by atoms with van der Waals surface area (Å²) in [4.78, 5) is 0.174. The Bertz CT molecular complexity index is 774. The zero-order valence-electron chi connectivity index (χ0n) is 13.8. The zero-order chi connectivity index (χ0) is 17.6. The highest BCUT2D eigenvalue weighted by Gasteiger charge is 2.14. The molecule has 3 N–H and O–H groups in total. The molecule has 0 spiro atoms. The molecule has 0 fully saturated rings. The Hall–Kier alpha value is -2.25. The molecule has 0 saturated heterocycles. The molecule has 0 aliphatic rings. The van der Waals surface area contributed by atoms with E-state index in [2.05, 4.69) is 4.72 Å². The third-order valence-electron chi connectivity index (χ3n) is 3.35. The van der Waals surface area contributed by atoms with Crippen molar-refractivity contribution in [2.75, 3.05) is 19.5 Å². The Labute approximate surface area is 142 Å². The normalized spacial score (nSPS) is 11.2. The van der Waals surface area contributed by atoms with Gasteiger partial charge in [0.15, 0.2) is 11.5 Å². The Balaban J connectivity index is 2.11. The van der Waals surface area contributed by atoms with E-state index in [0.29, 0.717) is 23.8 Å². The fourth-order valence-corrected chi connectivity index (χ4v) is 3.08. The van der Waals surface area contributed by atoms with Crippen LogP contribution in [0, 0.1) is 0 Å². The number of benzene rings is 2. The van der Waals surface area contributed by atoms with Crippen LogP contribution in [0.15, 0.2) is 47.4 Å². The van der Waals surface area contributed by atoms with Crippen LogP contribution in [0.3, 0.4) is 0 Å². The summed E-state index contributed by atoms with van der Waals surface area (Å²) < 4.78 is 38.0. The van der Waals surface area contributed by atoms with Crippen molar-refractivity contribution in [3.05, 3.63) is 48.0 Å². The van der Waals surface area contributed by atoms with E-state index in [1.54, 1.807) is 37.4 Å². The Morgan fingerprint density at radius 3 is 2.42 bits per heavy atom. The van der Waals surface area contributed by atoms with Crippen LogP contribution in [-0.2, 0) is 16.6 Å². The topological polar surface area (TPSA) is 90.7 Å². The summed E-state index contributed by atoms with van der Waals surface area (Å²) in [6.45, 7) is 2.73. The lowest BCUT2D eigenvalue weighted by molar-refractivity contribution is 0.294. The van der Waals surface area contributed by atoms with Gasteiger partial charge in [-0.05, 0) is 48.4 Å². The van der Waals surface area contributed by atoms with Crippen molar-refractivity contribution in [3.63, 3.8) is 0 Å². The quantitative estimate of drug-likeness (QED) is 0.714. The third kappa shape index (κ3) is 4.62. The summed E-state index contributed by atoms with van der Waals surface area (Å²) in [6.07, 6.45) is 0.872. The number of ether oxygens (including phenoxy) is 2. The molecule has 0 aliphatic carbocycles. The van der Waals surface area contributed by atoms with Crippen LogP contribution in [0.25, 0.3) is 0 Å². The second-order valence-corrected chi connectivity index (χ2v) is 6.99. The van der Waals surface area contributed by atoms with Gasteiger partial charge in [-0.25, -0.2) is 13.1 Å². The van der Waals surface area contributed by atoms with E-state index < -0.39 is 10.0 Å². The van der Waals surface area contributed by atoms with Gasteiger partial charge in [0, 0.05) is 12.2 Å². The molecule has 0 radical (unpaired) electrons. The number of anilines is 1. The first-order chi connectivity index (χ1) is 11.5. The molecule has 7 heteroatoms. The standard InChI is InChI=1S/C17H22N2O4S/c1-3-10-23-17-11-13(4-9-16(17)22-2)12-19-24(20,21)15-7-5-14(18)6-8-15/h4-9,11,19H,3,10,12,18H2,1-2H3. The first-order valence-electron chi connectivity index (χ1n) is 7.61. The molecular formula is C17H22N2O4S. The van der Waals surface area contributed by atoms with Crippen LogP contribution in [0.5, 0.6) is 11.5 Å². The van der Waals surface area contributed by atoms with Gasteiger partial charge in [0.2, 0.25) is 10.0 Å². The van der Waals surface area contributed by atoms with Gasteiger partial charge in [0.05, 0.1) is 18.6 Å². The molecule has 6 nitrogen and oxygen atoms in total. The number of hydrogen-bond donors (Lipinski definition) is 2. The first-order valence-corrected chi connectivity index (χ1v) is 9.09. The van der Waals surface area contributed by atoms with Gasteiger partial charge in [-0.1, -0.05) is 13.0 Å². The van der Waals surface area contributed by atoms with Crippen LogP contribution in [0.4, 0.5) is 5.69 Å². The Kier molecular flexibility index (Phi) is 6.05. The number of sulfonamides is 1. The van der Waals surface area contributed by atoms with Gasteiger partial charge in [-0.2, -0.15) is 0 Å². The third-order valence-corrected chi connectivity index (χ3v) is 4.76. The summed E-state index contributed by atoms with van der Waals surface area (Å²) in [5, 5.41) is 0. The molecule has 130 valence electrons. The van der Waals surface area contributed by atoms with Gasteiger partial charge < -0.3 is 15.2 Å². The van der Waals surface area contributed by atoms with E-state index >= 15 is 0 Å². The molecule has 2 aromatic rings. The van der Waals surface area contributed by atoms with E-state index in [-0.39, 0.29) is 11.4 Å². The molecule has 24 heavy (non-hydrogen) atoms. The fourth-order valence-electron chi connectivity index (χ4n) is 2.06. The molecule has 0 bridgehead atoms. The summed E-state index contributed by atoms with van der Waals surface area (Å²) >= 11 is 0. The molecule has 0 aliphatic heterocycles. The molecule has 0 atom stereocenters. The van der Waals surface area contributed by atoms with Crippen LogP contribution in [-0.4, -0.2) is 22.1 Å². The maximum absolute atomic E-state index is 12.3. The second-order valence-electron chi connectivity index (χ2n) is 5.23. The van der Waals surface area contributed by atoms with Gasteiger partial charge in [-0.3, -0.25) is 0 Å². The van der Waals surface area contributed by atoms with Crippen molar-refractivity contribution in [1.82, 2.24) is 4.72 Å². The summed E-state index contributed by atoms with van der Waals surface area (Å²) in [6, 6.07) is 11.4. The molecule has 2 rings (SSSR count). The van der Waals surface area contributed by atoms with Crippen molar-refractivity contribution >= 4 is 15.7 Å². The number of hydrogen-bond acceptors (Lipinski definition) is 5. The highest BCUT2D eigenvalue weighted by Crippen LogP contribution is 2.28. The summed E-state index contributed by atoms with van der Waals surface area (Å²) in [7, 11) is -2.03. The second kappa shape index (κ2) is 8.03. The van der Waals surface area contributed by atoms with E-state index in [9.17, 15) is 8.42 Å². The predicted octanol–water partition coefficient (Wildman–Crippen LogP) is 2.54. The predicted molar refractivity (Wildman–Crippen MR) is 93.7 cm³/mol. The molecule has 0 aromatic heterocycles. The van der Waals surface area contributed by atoms with E-state index in [1.807, 2.05) is 6.92 Å². The number of nitrogens with one attached hydrogen (secondary N) is 1. The maximum atomic E-state index is 12.3. The summed E-state index contributed by atoms with van der Waals surface area (Å²) in [5.41, 5.74) is 6.87. The molecule has 0 saturated carbocycles. The van der Waals surface area contributed by atoms with Gasteiger partial charge in [-0.15, -0.1) is 0 Å². The van der Waals surface area contributed by atoms with Crippen molar-refractivity contribution in [2.45, 2.75) is 24.8 Å². The monoisotopic (exact) mass is 350 g/mol. The van der Waals surface area contributed by atoms with E-state index in [1.165, 1.54) is 12.1 Å². The first kappa shape index (κ1) is 18.1. The zero-order valence-corrected chi connectivity index (χ0v) is 14.6. The van der Waals surface area contributed by atoms with Crippen LogP contribution in [0.1, 0.15) is 18.9 Å². The number of rotatable bonds is 8. The number of methoxy groups -OCH3 is 1. The fraction of sp³-hybridized carbons (Fsp3) is 0.294. The van der Waals surface area contributed by atoms with Gasteiger partial charge >= 0.3 is 0 Å². The van der Waals surface area contributed by atoms with E-state index in [0.717, 1.165) is 12.0 Å². The van der Waals surface area contributed by atoms with Crippen molar-refractivity contribution in [2.24, 2.45) is 0 Å². The molecule has 0 amide bonds. The SMILES string of the molecule is CCCOc1cc(CNS(=O)(=O)c2ccc(N)cc2)ccc1OC. The number of nitrogens with two attached hydrogens (primary N) is 1. The highest BCUT2D eigenvalue weighted by molar-refractivity contribution is 7.89. The van der Waals surface area contributed by atoms with Gasteiger partial charge in [0.1, 0.15) is 0 Å². The minimum absolute atomic E-state index is 0.152. The van der Waals surface area contributed by atoms with Crippen LogP contribution in [0.2, 0.25) is 0 Å². The molecular weight excluding hydrogens is 328 g/mol. The smallest absolute Gasteiger partial charge is 0.240 e. The lowest BCUT2D eigenvalue weighted by atomic mass is 10.2. The molecule has 0 heterocycles. The lowest BCUT2D eigenvalue weighted by Gasteiger charge is -2.12. The molecule has 2 aromatic carbocycles. The van der Waals surface area contributed by atoms with Gasteiger partial charge in [0.25, 0.3) is 0 Å². The number of nitrogen functional groups attached to an aromatic ring is 1. The lowest BCUT2D eigenvalue weighted by Crippen LogP contribution is -2.23. The Morgan fingerprint density at radius 1 is 1.08 bits per heavy atom.